The average molecular weight is 273 g/mol. The van der Waals surface area contributed by atoms with Crippen molar-refractivity contribution in [2.45, 2.75) is 39.0 Å². The first-order valence-electron chi connectivity index (χ1n) is 6.86. The van der Waals surface area contributed by atoms with E-state index in [4.69, 9.17) is 0 Å². The molecule has 0 spiro atoms. The van der Waals surface area contributed by atoms with E-state index >= 15 is 0 Å². The van der Waals surface area contributed by atoms with Gasteiger partial charge in [0.1, 0.15) is 0 Å². The molecule has 0 aromatic heterocycles. The van der Waals surface area contributed by atoms with E-state index in [0.29, 0.717) is 12.1 Å². The molecule has 0 bridgehead atoms. The number of ketones is 1. The fourth-order valence-electron chi connectivity index (χ4n) is 1.80. The predicted octanol–water partition coefficient (Wildman–Crippen LogP) is 3.25. The second kappa shape index (κ2) is 7.04. The average Bonchev–Trinajstić information content (AvgIpc) is 2.41. The van der Waals surface area contributed by atoms with Crippen molar-refractivity contribution in [3.05, 3.63) is 48.0 Å². The van der Waals surface area contributed by atoms with Crippen molar-refractivity contribution in [3.63, 3.8) is 0 Å². The van der Waals surface area contributed by atoms with Gasteiger partial charge in [-0.2, -0.15) is 0 Å². The van der Waals surface area contributed by atoms with E-state index in [1.807, 2.05) is 24.3 Å². The lowest BCUT2D eigenvalue weighted by molar-refractivity contribution is -0.120. The van der Waals surface area contributed by atoms with Gasteiger partial charge in [0.2, 0.25) is 5.91 Å². The number of carbonyl (C=O) groups is 2. The Kier molecular flexibility index (Phi) is 5.68. The molecule has 3 heteroatoms. The molecule has 1 rings (SSSR count). The number of rotatable bonds is 6. The third-order valence-electron chi connectivity index (χ3n) is 3.10. The van der Waals surface area contributed by atoms with Gasteiger partial charge in [0.05, 0.1) is 0 Å². The van der Waals surface area contributed by atoms with E-state index in [9.17, 15) is 9.59 Å². The van der Waals surface area contributed by atoms with Crippen molar-refractivity contribution in [2.75, 3.05) is 6.54 Å². The third-order valence-corrected chi connectivity index (χ3v) is 3.10. The summed E-state index contributed by atoms with van der Waals surface area (Å²) in [7, 11) is 0. The molecule has 1 N–H and O–H groups in total. The van der Waals surface area contributed by atoms with E-state index in [1.165, 1.54) is 5.56 Å². The summed E-state index contributed by atoms with van der Waals surface area (Å²) >= 11 is 0. The van der Waals surface area contributed by atoms with Crippen LogP contribution >= 0.6 is 0 Å². The van der Waals surface area contributed by atoms with Crippen LogP contribution in [0.5, 0.6) is 0 Å². The normalized spacial score (nSPS) is 10.9. The Bertz CT molecular complexity index is 481. The monoisotopic (exact) mass is 273 g/mol. The maximum atomic E-state index is 12.0. The van der Waals surface area contributed by atoms with Crippen LogP contribution < -0.4 is 5.32 Å². The zero-order valence-corrected chi connectivity index (χ0v) is 12.5. The molecule has 0 atom stereocenters. The number of amides is 1. The second-order valence-electron chi connectivity index (χ2n) is 5.84. The first kappa shape index (κ1) is 16.2. The van der Waals surface area contributed by atoms with Crippen molar-refractivity contribution in [1.29, 1.82) is 0 Å². The zero-order chi connectivity index (χ0) is 15.2. The lowest BCUT2D eigenvalue weighted by atomic mass is 9.86. The van der Waals surface area contributed by atoms with Crippen LogP contribution in [-0.4, -0.2) is 18.2 Å². The quantitative estimate of drug-likeness (QED) is 0.639. The van der Waals surface area contributed by atoms with E-state index in [2.05, 4.69) is 32.7 Å². The fourth-order valence-corrected chi connectivity index (χ4v) is 1.80. The highest BCUT2D eigenvalue weighted by molar-refractivity contribution is 5.98. The molecule has 1 aromatic rings. The van der Waals surface area contributed by atoms with Crippen molar-refractivity contribution >= 4 is 11.7 Å². The van der Waals surface area contributed by atoms with Gasteiger partial charge < -0.3 is 5.32 Å². The summed E-state index contributed by atoms with van der Waals surface area (Å²) < 4.78 is 0. The fraction of sp³-hybridized carbons (Fsp3) is 0.412. The van der Waals surface area contributed by atoms with Crippen LogP contribution in [0.2, 0.25) is 0 Å². The molecule has 0 heterocycles. The minimum Gasteiger partial charge on any atom is -0.353 e. The molecule has 0 aliphatic carbocycles. The third kappa shape index (κ3) is 5.00. The van der Waals surface area contributed by atoms with Crippen LogP contribution in [0.4, 0.5) is 0 Å². The minimum absolute atomic E-state index is 0.000729. The summed E-state index contributed by atoms with van der Waals surface area (Å²) in [5.41, 5.74) is 1.93. The van der Waals surface area contributed by atoms with Gasteiger partial charge in [-0.25, -0.2) is 0 Å². The number of carbonyl (C=O) groups excluding carboxylic acids is 2. The summed E-state index contributed by atoms with van der Waals surface area (Å²) in [4.78, 5) is 23.4. The molecule has 0 aliphatic heterocycles. The Morgan fingerprint density at radius 2 is 1.75 bits per heavy atom. The summed E-state index contributed by atoms with van der Waals surface area (Å²) in [6.07, 6.45) is 2.07. The van der Waals surface area contributed by atoms with Gasteiger partial charge >= 0.3 is 0 Å². The lowest BCUT2D eigenvalue weighted by Crippen LogP contribution is -2.23. The molecular weight excluding hydrogens is 250 g/mol. The Morgan fingerprint density at radius 3 is 2.25 bits per heavy atom. The van der Waals surface area contributed by atoms with Crippen molar-refractivity contribution in [1.82, 2.24) is 5.32 Å². The summed E-state index contributed by atoms with van der Waals surface area (Å²) in [5.74, 6) is -0.122. The largest absolute Gasteiger partial charge is 0.353 e. The van der Waals surface area contributed by atoms with E-state index < -0.39 is 0 Å². The van der Waals surface area contributed by atoms with Crippen LogP contribution in [0.15, 0.2) is 36.9 Å². The molecule has 0 unspecified atom stereocenters. The van der Waals surface area contributed by atoms with Gasteiger partial charge in [0.15, 0.2) is 5.78 Å². The van der Waals surface area contributed by atoms with Crippen LogP contribution in [0.25, 0.3) is 0 Å². The topological polar surface area (TPSA) is 46.2 Å². The summed E-state index contributed by atoms with van der Waals surface area (Å²) in [6, 6.07) is 7.63. The SMILES string of the molecule is C=CCNC(=O)CCC(=O)c1ccc(C(C)(C)C)cc1. The Labute approximate surface area is 121 Å². The van der Waals surface area contributed by atoms with Crippen LogP contribution in [0.3, 0.4) is 0 Å². The standard InChI is InChI=1S/C17H23NO2/c1-5-12-18-16(20)11-10-15(19)13-6-8-14(9-7-13)17(2,3)4/h5-9H,1,10-12H2,2-4H3,(H,18,20). The molecular formula is C17H23NO2. The summed E-state index contributed by atoms with van der Waals surface area (Å²) in [5, 5.41) is 2.66. The van der Waals surface area contributed by atoms with Gasteiger partial charge in [0.25, 0.3) is 0 Å². The number of Topliss-reactive ketones (excluding diaryl/α,β-unsaturated/α-hetero) is 1. The predicted molar refractivity (Wildman–Crippen MR) is 81.9 cm³/mol. The second-order valence-corrected chi connectivity index (χ2v) is 5.84. The van der Waals surface area contributed by atoms with Gasteiger partial charge in [0, 0.05) is 24.9 Å². The van der Waals surface area contributed by atoms with Crippen LogP contribution in [0, 0.1) is 0 Å². The molecule has 0 radical (unpaired) electrons. The highest BCUT2D eigenvalue weighted by Gasteiger charge is 2.14. The molecule has 108 valence electrons. The zero-order valence-electron chi connectivity index (χ0n) is 12.5. The number of hydrogen-bond donors (Lipinski definition) is 1. The maximum absolute atomic E-state index is 12.0. The molecule has 0 saturated carbocycles. The van der Waals surface area contributed by atoms with Crippen molar-refractivity contribution < 1.29 is 9.59 Å². The van der Waals surface area contributed by atoms with Gasteiger partial charge in [-0.3, -0.25) is 9.59 Å². The van der Waals surface area contributed by atoms with Gasteiger partial charge in [-0.1, -0.05) is 51.1 Å². The van der Waals surface area contributed by atoms with Crippen LogP contribution in [-0.2, 0) is 10.2 Å². The number of hydrogen-bond acceptors (Lipinski definition) is 2. The Hall–Kier alpha value is -1.90. The molecule has 3 nitrogen and oxygen atoms in total. The number of nitrogens with one attached hydrogen (secondary N) is 1. The summed E-state index contributed by atoms with van der Waals surface area (Å²) in [6.45, 7) is 10.4. The maximum Gasteiger partial charge on any atom is 0.220 e. The Morgan fingerprint density at radius 1 is 1.15 bits per heavy atom. The smallest absolute Gasteiger partial charge is 0.220 e. The van der Waals surface area contributed by atoms with Crippen molar-refractivity contribution in [3.8, 4) is 0 Å². The molecule has 0 fully saturated rings. The minimum atomic E-state index is -0.121. The molecule has 0 saturated heterocycles. The van der Waals surface area contributed by atoms with Crippen molar-refractivity contribution in [2.24, 2.45) is 0 Å². The molecule has 1 aromatic carbocycles. The highest BCUT2D eigenvalue weighted by Crippen LogP contribution is 2.22. The first-order chi connectivity index (χ1) is 9.34. The Balaban J connectivity index is 2.56. The van der Waals surface area contributed by atoms with E-state index in [0.717, 1.165) is 0 Å². The van der Waals surface area contributed by atoms with E-state index in [1.54, 1.807) is 6.08 Å². The lowest BCUT2D eigenvalue weighted by Gasteiger charge is -2.18. The molecule has 20 heavy (non-hydrogen) atoms. The van der Waals surface area contributed by atoms with Gasteiger partial charge in [-0.15, -0.1) is 6.58 Å². The van der Waals surface area contributed by atoms with E-state index in [-0.39, 0.29) is 29.9 Å². The van der Waals surface area contributed by atoms with Crippen LogP contribution in [0.1, 0.15) is 49.5 Å². The number of benzene rings is 1. The first-order valence-corrected chi connectivity index (χ1v) is 6.86. The molecule has 1 amide bonds. The highest BCUT2D eigenvalue weighted by atomic mass is 16.2. The molecule has 0 aliphatic rings. The van der Waals surface area contributed by atoms with Gasteiger partial charge in [-0.05, 0) is 11.0 Å².